The number of halogens is 4. The van der Waals surface area contributed by atoms with Gasteiger partial charge in [0.1, 0.15) is 5.82 Å². The van der Waals surface area contributed by atoms with Crippen molar-refractivity contribution in [3.05, 3.63) is 35.6 Å². The normalized spacial score (nSPS) is 13.7. The van der Waals surface area contributed by atoms with Crippen LogP contribution in [0.1, 0.15) is 31.9 Å². The van der Waals surface area contributed by atoms with Crippen molar-refractivity contribution in [3.63, 3.8) is 0 Å². The SMILES string of the molecule is CCNC(CCN(CC)CC(F)(F)F)c1cccc(F)c1. The number of benzene rings is 1. The average molecular weight is 306 g/mol. The molecule has 0 amide bonds. The molecule has 1 unspecified atom stereocenters. The third kappa shape index (κ3) is 6.91. The van der Waals surface area contributed by atoms with E-state index in [1.165, 1.54) is 17.0 Å². The maximum atomic E-state index is 13.3. The second-order valence-corrected chi connectivity index (χ2v) is 4.94. The highest BCUT2D eigenvalue weighted by atomic mass is 19.4. The predicted molar refractivity (Wildman–Crippen MR) is 75.6 cm³/mol. The molecule has 2 nitrogen and oxygen atoms in total. The summed E-state index contributed by atoms with van der Waals surface area (Å²) in [6, 6.07) is 6.04. The van der Waals surface area contributed by atoms with E-state index in [0.717, 1.165) is 5.56 Å². The molecule has 1 N–H and O–H groups in total. The van der Waals surface area contributed by atoms with Gasteiger partial charge in [0.15, 0.2) is 0 Å². The molecule has 0 aliphatic heterocycles. The van der Waals surface area contributed by atoms with Crippen molar-refractivity contribution < 1.29 is 17.6 Å². The molecule has 0 fully saturated rings. The van der Waals surface area contributed by atoms with E-state index in [-0.39, 0.29) is 11.9 Å². The summed E-state index contributed by atoms with van der Waals surface area (Å²) in [5.41, 5.74) is 0.764. The summed E-state index contributed by atoms with van der Waals surface area (Å²) in [6.45, 7) is 4.03. The molecule has 0 aromatic heterocycles. The monoisotopic (exact) mass is 306 g/mol. The van der Waals surface area contributed by atoms with Crippen LogP contribution in [0.25, 0.3) is 0 Å². The molecule has 0 spiro atoms. The number of rotatable bonds is 8. The second kappa shape index (κ2) is 8.34. The van der Waals surface area contributed by atoms with Crippen LogP contribution >= 0.6 is 0 Å². The summed E-state index contributed by atoms with van der Waals surface area (Å²) in [5, 5.41) is 3.19. The molecule has 1 atom stereocenters. The molecule has 1 rings (SSSR count). The first-order valence-electron chi connectivity index (χ1n) is 7.13. The highest BCUT2D eigenvalue weighted by Crippen LogP contribution is 2.20. The van der Waals surface area contributed by atoms with E-state index in [9.17, 15) is 17.6 Å². The Morgan fingerprint density at radius 3 is 2.48 bits per heavy atom. The van der Waals surface area contributed by atoms with Crippen LogP contribution in [0.15, 0.2) is 24.3 Å². The molecule has 0 bridgehead atoms. The average Bonchev–Trinajstić information content (AvgIpc) is 2.40. The van der Waals surface area contributed by atoms with Crippen LogP contribution in [0, 0.1) is 5.82 Å². The van der Waals surface area contributed by atoms with Gasteiger partial charge in [0.25, 0.3) is 0 Å². The molecular weight excluding hydrogens is 284 g/mol. The molecule has 0 aliphatic rings. The molecule has 0 saturated carbocycles. The van der Waals surface area contributed by atoms with Crippen LogP contribution < -0.4 is 5.32 Å². The quantitative estimate of drug-likeness (QED) is 0.736. The number of hydrogen-bond donors (Lipinski definition) is 1. The third-order valence-electron chi connectivity index (χ3n) is 3.29. The van der Waals surface area contributed by atoms with Crippen molar-refractivity contribution in [2.24, 2.45) is 0 Å². The topological polar surface area (TPSA) is 15.3 Å². The van der Waals surface area contributed by atoms with Crippen LogP contribution in [0.3, 0.4) is 0 Å². The highest BCUT2D eigenvalue weighted by molar-refractivity contribution is 5.20. The third-order valence-corrected chi connectivity index (χ3v) is 3.29. The Kier molecular flexibility index (Phi) is 7.11. The van der Waals surface area contributed by atoms with Gasteiger partial charge in [-0.25, -0.2) is 4.39 Å². The largest absolute Gasteiger partial charge is 0.401 e. The minimum Gasteiger partial charge on any atom is -0.310 e. The molecule has 120 valence electrons. The number of nitrogens with zero attached hydrogens (tertiary/aromatic N) is 1. The lowest BCUT2D eigenvalue weighted by molar-refractivity contribution is -0.145. The minimum absolute atomic E-state index is 0.145. The Bertz CT molecular complexity index is 420. The smallest absolute Gasteiger partial charge is 0.310 e. The van der Waals surface area contributed by atoms with Crippen molar-refractivity contribution in [2.45, 2.75) is 32.5 Å². The molecule has 0 aliphatic carbocycles. The van der Waals surface area contributed by atoms with Crippen LogP contribution in [-0.4, -0.2) is 37.3 Å². The first-order chi connectivity index (χ1) is 9.85. The van der Waals surface area contributed by atoms with Gasteiger partial charge in [-0.3, -0.25) is 4.90 Å². The predicted octanol–water partition coefficient (Wildman–Crippen LogP) is 3.75. The second-order valence-electron chi connectivity index (χ2n) is 4.94. The molecule has 1 aromatic rings. The molecular formula is C15H22F4N2. The highest BCUT2D eigenvalue weighted by Gasteiger charge is 2.30. The Labute approximate surface area is 123 Å². The fourth-order valence-corrected chi connectivity index (χ4v) is 2.27. The standard InChI is InChI=1S/C15H22F4N2/c1-3-20-14(12-6-5-7-13(16)10-12)8-9-21(4-2)11-15(17,18)19/h5-7,10,14,20H,3-4,8-9,11H2,1-2H3. The van der Waals surface area contributed by atoms with Gasteiger partial charge in [0.05, 0.1) is 6.54 Å². The van der Waals surface area contributed by atoms with Crippen LogP contribution in [0.5, 0.6) is 0 Å². The summed E-state index contributed by atoms with van der Waals surface area (Å²) >= 11 is 0. The van der Waals surface area contributed by atoms with Gasteiger partial charge in [-0.05, 0) is 37.2 Å². The van der Waals surface area contributed by atoms with Crippen molar-refractivity contribution in [1.29, 1.82) is 0 Å². The Morgan fingerprint density at radius 1 is 1.24 bits per heavy atom. The Balaban J connectivity index is 2.66. The molecule has 6 heteroatoms. The summed E-state index contributed by atoms with van der Waals surface area (Å²) in [7, 11) is 0. The molecule has 0 radical (unpaired) electrons. The summed E-state index contributed by atoms with van der Waals surface area (Å²) in [4.78, 5) is 1.35. The summed E-state index contributed by atoms with van der Waals surface area (Å²) in [5.74, 6) is -0.335. The first-order valence-corrected chi connectivity index (χ1v) is 7.13. The van der Waals surface area contributed by atoms with Crippen LogP contribution in [-0.2, 0) is 0 Å². The van der Waals surface area contributed by atoms with Crippen molar-refractivity contribution in [3.8, 4) is 0 Å². The van der Waals surface area contributed by atoms with E-state index in [1.807, 2.05) is 6.92 Å². The van der Waals surface area contributed by atoms with Crippen LogP contribution in [0.4, 0.5) is 17.6 Å². The van der Waals surface area contributed by atoms with Crippen molar-refractivity contribution in [2.75, 3.05) is 26.2 Å². The van der Waals surface area contributed by atoms with E-state index >= 15 is 0 Å². The first kappa shape index (κ1) is 17.9. The van der Waals surface area contributed by atoms with E-state index < -0.39 is 12.7 Å². The van der Waals surface area contributed by atoms with Gasteiger partial charge >= 0.3 is 6.18 Å². The zero-order valence-corrected chi connectivity index (χ0v) is 12.4. The molecule has 0 heterocycles. The lowest BCUT2D eigenvalue weighted by Gasteiger charge is -2.25. The van der Waals surface area contributed by atoms with Gasteiger partial charge in [-0.1, -0.05) is 26.0 Å². The van der Waals surface area contributed by atoms with E-state index in [4.69, 9.17) is 0 Å². The molecule has 21 heavy (non-hydrogen) atoms. The fraction of sp³-hybridized carbons (Fsp3) is 0.600. The van der Waals surface area contributed by atoms with Gasteiger partial charge in [-0.2, -0.15) is 13.2 Å². The van der Waals surface area contributed by atoms with Crippen molar-refractivity contribution in [1.82, 2.24) is 10.2 Å². The maximum Gasteiger partial charge on any atom is 0.401 e. The van der Waals surface area contributed by atoms with E-state index in [2.05, 4.69) is 5.32 Å². The maximum absolute atomic E-state index is 13.3. The molecule has 0 saturated heterocycles. The summed E-state index contributed by atoms with van der Waals surface area (Å²) < 4.78 is 50.6. The van der Waals surface area contributed by atoms with Gasteiger partial charge < -0.3 is 5.32 Å². The van der Waals surface area contributed by atoms with E-state index in [0.29, 0.717) is 26.1 Å². The van der Waals surface area contributed by atoms with E-state index in [1.54, 1.807) is 19.1 Å². The molecule has 1 aromatic carbocycles. The van der Waals surface area contributed by atoms with Crippen molar-refractivity contribution >= 4 is 0 Å². The number of nitrogens with one attached hydrogen (secondary N) is 1. The fourth-order valence-electron chi connectivity index (χ4n) is 2.27. The number of alkyl halides is 3. The summed E-state index contributed by atoms with van der Waals surface area (Å²) in [6.07, 6.45) is -3.69. The Hall–Kier alpha value is -1.14. The lowest BCUT2D eigenvalue weighted by atomic mass is 10.0. The van der Waals surface area contributed by atoms with Gasteiger partial charge in [0.2, 0.25) is 0 Å². The minimum atomic E-state index is -4.19. The zero-order chi connectivity index (χ0) is 15.9. The lowest BCUT2D eigenvalue weighted by Crippen LogP contribution is -2.36. The zero-order valence-electron chi connectivity index (χ0n) is 12.4. The van der Waals surface area contributed by atoms with Gasteiger partial charge in [0, 0.05) is 12.6 Å². The Morgan fingerprint density at radius 2 is 1.95 bits per heavy atom. The van der Waals surface area contributed by atoms with Gasteiger partial charge in [-0.15, -0.1) is 0 Å². The number of hydrogen-bond acceptors (Lipinski definition) is 2. The van der Waals surface area contributed by atoms with Crippen LogP contribution in [0.2, 0.25) is 0 Å².